The van der Waals surface area contributed by atoms with Crippen LogP contribution in [0.4, 0.5) is 17.1 Å². The Hall–Kier alpha value is -7.50. The molecule has 0 aliphatic rings. The molecule has 13 rings (SSSR count). The largest absolute Gasteiger partial charge is 0.456 e. The summed E-state index contributed by atoms with van der Waals surface area (Å²) >= 11 is 3.72. The zero-order valence-corrected chi connectivity index (χ0v) is 35.0. The van der Waals surface area contributed by atoms with Gasteiger partial charge in [-0.2, -0.15) is 0 Å². The standard InChI is InChI=1S/C58H35NOS2/c1-2-10-36(11-3-1)37-20-25-41(26-21-37)59(42-27-22-39(23-28-42)45-16-8-13-38-12-4-5-14-44(38)45)43-29-31-49-48-30-24-40(34-54(48)61-55(49)35-43)46-17-9-18-51-56(46)57-52(60-51)33-32-50-47-15-6-7-19-53(47)62-58(50)57/h1-35H. The van der Waals surface area contributed by atoms with Crippen LogP contribution in [0.5, 0.6) is 0 Å². The highest BCUT2D eigenvalue weighted by Crippen LogP contribution is 2.47. The van der Waals surface area contributed by atoms with Crippen molar-refractivity contribution in [2.75, 3.05) is 4.90 Å². The first-order valence-electron chi connectivity index (χ1n) is 21.0. The maximum Gasteiger partial charge on any atom is 0.136 e. The highest BCUT2D eigenvalue weighted by molar-refractivity contribution is 7.27. The summed E-state index contributed by atoms with van der Waals surface area (Å²) < 4.78 is 11.7. The van der Waals surface area contributed by atoms with E-state index in [1.807, 2.05) is 22.7 Å². The van der Waals surface area contributed by atoms with E-state index in [1.54, 1.807) is 0 Å². The fraction of sp³-hybridized carbons (Fsp3) is 0. The predicted octanol–water partition coefficient (Wildman–Crippen LogP) is 17.9. The van der Waals surface area contributed by atoms with Gasteiger partial charge in [-0.25, -0.2) is 0 Å². The predicted molar refractivity (Wildman–Crippen MR) is 268 cm³/mol. The van der Waals surface area contributed by atoms with E-state index >= 15 is 0 Å². The minimum atomic E-state index is 0.922. The van der Waals surface area contributed by atoms with Gasteiger partial charge in [0.25, 0.3) is 0 Å². The van der Waals surface area contributed by atoms with Gasteiger partial charge in [0.05, 0.1) is 0 Å². The van der Waals surface area contributed by atoms with Gasteiger partial charge in [0.1, 0.15) is 11.2 Å². The lowest BCUT2D eigenvalue weighted by molar-refractivity contribution is 0.669. The number of furan rings is 1. The molecule has 0 spiro atoms. The average molecular weight is 826 g/mol. The Kier molecular flexibility index (Phi) is 7.99. The smallest absolute Gasteiger partial charge is 0.136 e. The topological polar surface area (TPSA) is 16.4 Å². The molecular weight excluding hydrogens is 791 g/mol. The van der Waals surface area contributed by atoms with Crippen LogP contribution in [-0.2, 0) is 0 Å². The highest BCUT2D eigenvalue weighted by Gasteiger charge is 2.20. The third-order valence-corrected chi connectivity index (χ3v) is 14.8. The Morgan fingerprint density at radius 2 is 0.903 bits per heavy atom. The first-order chi connectivity index (χ1) is 30.7. The van der Waals surface area contributed by atoms with E-state index in [4.69, 9.17) is 4.42 Å². The van der Waals surface area contributed by atoms with Crippen molar-refractivity contribution in [2.45, 2.75) is 0 Å². The second kappa shape index (κ2) is 14.0. The highest BCUT2D eigenvalue weighted by atomic mass is 32.1. The van der Waals surface area contributed by atoms with Crippen molar-refractivity contribution in [3.8, 4) is 33.4 Å². The zero-order chi connectivity index (χ0) is 40.7. The van der Waals surface area contributed by atoms with Crippen molar-refractivity contribution in [1.82, 2.24) is 0 Å². The van der Waals surface area contributed by atoms with Crippen molar-refractivity contribution >= 4 is 113 Å². The maximum absolute atomic E-state index is 6.54. The van der Waals surface area contributed by atoms with Gasteiger partial charge in [0.2, 0.25) is 0 Å². The number of benzene rings is 10. The number of hydrogen-bond acceptors (Lipinski definition) is 4. The number of fused-ring (bicyclic) bond motifs is 11. The molecule has 3 heterocycles. The van der Waals surface area contributed by atoms with E-state index in [9.17, 15) is 0 Å². The lowest BCUT2D eigenvalue weighted by atomic mass is 9.97. The SMILES string of the molecule is c1ccc(-c2ccc(N(c3ccc(-c4cccc5ccccc45)cc3)c3ccc4c(c3)sc3cc(-c5cccc6oc7ccc8c9ccccc9sc8c7c56)ccc34)cc2)cc1. The first-order valence-corrected chi connectivity index (χ1v) is 22.6. The monoisotopic (exact) mass is 825 g/mol. The van der Waals surface area contributed by atoms with Crippen molar-refractivity contribution in [1.29, 1.82) is 0 Å². The molecule has 13 aromatic rings. The summed E-state index contributed by atoms with van der Waals surface area (Å²) in [6.07, 6.45) is 0. The van der Waals surface area contributed by atoms with E-state index in [2.05, 4.69) is 217 Å². The molecule has 0 aliphatic heterocycles. The van der Waals surface area contributed by atoms with Crippen LogP contribution < -0.4 is 4.90 Å². The molecule has 10 aromatic carbocycles. The van der Waals surface area contributed by atoms with Crippen LogP contribution in [0.2, 0.25) is 0 Å². The van der Waals surface area contributed by atoms with Gasteiger partial charge in [-0.1, -0.05) is 146 Å². The molecule has 0 bridgehead atoms. The van der Waals surface area contributed by atoms with Crippen molar-refractivity contribution in [3.63, 3.8) is 0 Å². The van der Waals surface area contributed by atoms with Crippen LogP contribution in [0.15, 0.2) is 217 Å². The molecule has 0 atom stereocenters. The molecule has 0 fully saturated rings. The van der Waals surface area contributed by atoms with Crippen LogP contribution in [0.1, 0.15) is 0 Å². The molecule has 0 saturated carbocycles. The van der Waals surface area contributed by atoms with Crippen LogP contribution in [0.3, 0.4) is 0 Å². The summed E-state index contributed by atoms with van der Waals surface area (Å²) in [4.78, 5) is 2.39. The minimum Gasteiger partial charge on any atom is -0.456 e. The summed E-state index contributed by atoms with van der Waals surface area (Å²) in [6, 6.07) is 77.3. The van der Waals surface area contributed by atoms with Crippen molar-refractivity contribution < 1.29 is 4.42 Å². The van der Waals surface area contributed by atoms with E-state index in [0.717, 1.165) is 28.2 Å². The molecular formula is C58H35NOS2. The summed E-state index contributed by atoms with van der Waals surface area (Å²) in [7, 11) is 0. The van der Waals surface area contributed by atoms with Crippen LogP contribution >= 0.6 is 22.7 Å². The number of hydrogen-bond donors (Lipinski definition) is 0. The molecule has 0 aliphatic carbocycles. The van der Waals surface area contributed by atoms with Crippen LogP contribution in [-0.4, -0.2) is 0 Å². The third kappa shape index (κ3) is 5.61. The fourth-order valence-corrected chi connectivity index (χ4v) is 12.0. The van der Waals surface area contributed by atoms with Crippen molar-refractivity contribution in [2.24, 2.45) is 0 Å². The van der Waals surface area contributed by atoms with E-state index in [0.29, 0.717) is 0 Å². The van der Waals surface area contributed by atoms with Gasteiger partial charge in [0.15, 0.2) is 0 Å². The Labute approximate surface area is 365 Å². The van der Waals surface area contributed by atoms with Crippen LogP contribution in [0, 0.1) is 0 Å². The summed E-state index contributed by atoms with van der Waals surface area (Å²) in [5.74, 6) is 0. The number of anilines is 3. The number of thiophene rings is 2. The maximum atomic E-state index is 6.54. The van der Waals surface area contributed by atoms with Gasteiger partial charge in [0, 0.05) is 68.2 Å². The fourth-order valence-electron chi connectivity index (χ4n) is 9.55. The molecule has 0 N–H and O–H groups in total. The van der Waals surface area contributed by atoms with Gasteiger partial charge in [-0.05, 0) is 111 Å². The molecule has 2 nitrogen and oxygen atoms in total. The summed E-state index contributed by atoms with van der Waals surface area (Å²) in [5.41, 5.74) is 12.4. The molecule has 3 aromatic heterocycles. The average Bonchev–Trinajstić information content (AvgIpc) is 4.03. The van der Waals surface area contributed by atoms with E-state index < -0.39 is 0 Å². The quantitative estimate of drug-likeness (QED) is 0.166. The molecule has 290 valence electrons. The molecule has 0 saturated heterocycles. The Balaban J connectivity index is 0.929. The van der Waals surface area contributed by atoms with Gasteiger partial charge >= 0.3 is 0 Å². The zero-order valence-electron chi connectivity index (χ0n) is 33.4. The van der Waals surface area contributed by atoms with E-state index in [-0.39, 0.29) is 0 Å². The molecule has 0 amide bonds. The van der Waals surface area contributed by atoms with Gasteiger partial charge in [-0.15, -0.1) is 22.7 Å². The molecule has 0 unspecified atom stereocenters. The number of nitrogens with zero attached hydrogens (tertiary/aromatic N) is 1. The molecule has 62 heavy (non-hydrogen) atoms. The first kappa shape index (κ1) is 35.3. The minimum absolute atomic E-state index is 0.922. The number of rotatable bonds is 6. The van der Waals surface area contributed by atoms with Crippen molar-refractivity contribution in [3.05, 3.63) is 212 Å². The second-order valence-electron chi connectivity index (χ2n) is 16.0. The molecule has 0 radical (unpaired) electrons. The van der Waals surface area contributed by atoms with Crippen LogP contribution in [0.25, 0.3) is 106 Å². The third-order valence-electron chi connectivity index (χ3n) is 12.5. The lowest BCUT2D eigenvalue weighted by Crippen LogP contribution is -2.09. The van der Waals surface area contributed by atoms with Gasteiger partial charge in [-0.3, -0.25) is 0 Å². The van der Waals surface area contributed by atoms with E-state index in [1.165, 1.54) is 95.3 Å². The normalized spacial score (nSPS) is 11.9. The summed E-state index contributed by atoms with van der Waals surface area (Å²) in [6.45, 7) is 0. The second-order valence-corrected chi connectivity index (χ2v) is 18.1. The lowest BCUT2D eigenvalue weighted by Gasteiger charge is -2.26. The summed E-state index contributed by atoms with van der Waals surface area (Å²) in [5, 5.41) is 10.0. The Morgan fingerprint density at radius 3 is 1.74 bits per heavy atom. The Bertz CT molecular complexity index is 3850. The molecule has 4 heteroatoms. The Morgan fingerprint density at radius 1 is 0.323 bits per heavy atom. The van der Waals surface area contributed by atoms with Gasteiger partial charge < -0.3 is 9.32 Å².